The Labute approximate surface area is 127 Å². The first-order chi connectivity index (χ1) is 9.68. The van der Waals surface area contributed by atoms with E-state index in [1.165, 1.54) is 12.1 Å². The molecule has 0 spiro atoms. The van der Waals surface area contributed by atoms with Gasteiger partial charge in [0.1, 0.15) is 5.69 Å². The number of nitrogens with one attached hydrogen (secondary N) is 1. The Bertz CT molecular complexity index is 812. The van der Waals surface area contributed by atoms with Crippen LogP contribution in [0.5, 0.6) is 0 Å². The van der Waals surface area contributed by atoms with Gasteiger partial charge < -0.3 is 9.88 Å². The lowest BCUT2D eigenvalue weighted by molar-refractivity contribution is 0.101. The van der Waals surface area contributed by atoms with Crippen LogP contribution in [0.4, 0.5) is 5.69 Å². The lowest BCUT2D eigenvalue weighted by atomic mass is 10.2. The fourth-order valence-electron chi connectivity index (χ4n) is 1.93. The highest BCUT2D eigenvalue weighted by molar-refractivity contribution is 7.89. The molecule has 1 heterocycles. The van der Waals surface area contributed by atoms with Crippen LogP contribution >= 0.6 is 11.6 Å². The van der Waals surface area contributed by atoms with Gasteiger partial charge in [-0.25, -0.2) is 13.6 Å². The summed E-state index contributed by atoms with van der Waals surface area (Å²) < 4.78 is 24.5. The Morgan fingerprint density at radius 2 is 2.00 bits per heavy atom. The van der Waals surface area contributed by atoms with Crippen LogP contribution < -0.4 is 10.5 Å². The molecule has 3 N–H and O–H groups in total. The highest BCUT2D eigenvalue weighted by Gasteiger charge is 2.15. The van der Waals surface area contributed by atoms with Crippen molar-refractivity contribution in [3.63, 3.8) is 0 Å². The third-order valence-corrected chi connectivity index (χ3v) is 4.22. The molecule has 0 radical (unpaired) electrons. The Balaban J connectivity index is 2.32. The summed E-state index contributed by atoms with van der Waals surface area (Å²) >= 11 is 5.82. The number of anilines is 1. The van der Waals surface area contributed by atoms with Gasteiger partial charge >= 0.3 is 0 Å². The summed E-state index contributed by atoms with van der Waals surface area (Å²) in [4.78, 5) is 12.1. The van der Waals surface area contributed by atoms with Crippen molar-refractivity contribution in [1.82, 2.24) is 4.57 Å². The molecule has 21 heavy (non-hydrogen) atoms. The Kier molecular flexibility index (Phi) is 4.08. The van der Waals surface area contributed by atoms with Gasteiger partial charge in [-0.3, -0.25) is 4.79 Å². The summed E-state index contributed by atoms with van der Waals surface area (Å²) in [6.45, 7) is 1.63. The van der Waals surface area contributed by atoms with Gasteiger partial charge in [0.25, 0.3) is 5.91 Å². The van der Waals surface area contributed by atoms with Gasteiger partial charge in [-0.05, 0) is 30.7 Å². The molecule has 1 amide bonds. The number of primary sulfonamides is 1. The van der Waals surface area contributed by atoms with E-state index >= 15 is 0 Å². The Hall–Kier alpha value is -1.83. The third kappa shape index (κ3) is 3.44. The van der Waals surface area contributed by atoms with Crippen molar-refractivity contribution in [3.05, 3.63) is 46.7 Å². The van der Waals surface area contributed by atoms with Crippen molar-refractivity contribution in [1.29, 1.82) is 0 Å². The molecule has 0 bridgehead atoms. The molecule has 0 aliphatic heterocycles. The Morgan fingerprint density at radius 1 is 1.33 bits per heavy atom. The predicted octanol–water partition coefficient (Wildman–Crippen LogP) is 1.89. The molecule has 0 aliphatic rings. The van der Waals surface area contributed by atoms with Crippen LogP contribution in [0.1, 0.15) is 16.1 Å². The van der Waals surface area contributed by atoms with Gasteiger partial charge in [-0.15, -0.1) is 0 Å². The van der Waals surface area contributed by atoms with E-state index < -0.39 is 15.9 Å². The number of amides is 1. The van der Waals surface area contributed by atoms with E-state index in [0.29, 0.717) is 22.0 Å². The normalized spacial score (nSPS) is 11.4. The molecule has 0 saturated carbocycles. The summed E-state index contributed by atoms with van der Waals surface area (Å²) in [5.74, 6) is -0.395. The molecule has 0 atom stereocenters. The zero-order valence-corrected chi connectivity index (χ0v) is 13.0. The summed E-state index contributed by atoms with van der Waals surface area (Å²) in [6.07, 6.45) is 1.60. The van der Waals surface area contributed by atoms with Crippen LogP contribution in [-0.2, 0) is 17.1 Å². The molecule has 0 unspecified atom stereocenters. The molecule has 1 aromatic carbocycles. The summed E-state index contributed by atoms with van der Waals surface area (Å²) in [6, 6.07) is 6.03. The number of halogens is 1. The lowest BCUT2D eigenvalue weighted by Gasteiger charge is -2.09. The number of hydrogen-bond acceptors (Lipinski definition) is 3. The molecular formula is C13H14ClN3O3S. The number of nitrogens with two attached hydrogens (primary N) is 1. The van der Waals surface area contributed by atoms with E-state index in [1.54, 1.807) is 36.9 Å². The maximum absolute atomic E-state index is 12.1. The summed E-state index contributed by atoms with van der Waals surface area (Å²) in [5, 5.41) is 8.19. The average Bonchev–Trinajstić information content (AvgIpc) is 2.69. The highest BCUT2D eigenvalue weighted by Crippen LogP contribution is 2.20. The quantitative estimate of drug-likeness (QED) is 0.901. The SMILES string of the molecule is Cc1ccc(NC(=O)c2cc(Cl)cn2C)cc1S(N)(=O)=O. The van der Waals surface area contributed by atoms with Gasteiger partial charge in [0, 0.05) is 18.9 Å². The molecule has 0 saturated heterocycles. The van der Waals surface area contributed by atoms with Crippen LogP contribution in [0.25, 0.3) is 0 Å². The Morgan fingerprint density at radius 3 is 2.52 bits per heavy atom. The zero-order chi connectivity index (χ0) is 15.8. The van der Waals surface area contributed by atoms with Crippen molar-refractivity contribution in [2.45, 2.75) is 11.8 Å². The van der Waals surface area contributed by atoms with E-state index in [-0.39, 0.29) is 4.90 Å². The van der Waals surface area contributed by atoms with Gasteiger partial charge in [-0.1, -0.05) is 17.7 Å². The zero-order valence-electron chi connectivity index (χ0n) is 11.4. The minimum atomic E-state index is -3.84. The topological polar surface area (TPSA) is 94.2 Å². The van der Waals surface area contributed by atoms with E-state index in [1.807, 2.05) is 0 Å². The van der Waals surface area contributed by atoms with Crippen molar-refractivity contribution in [2.24, 2.45) is 12.2 Å². The lowest BCUT2D eigenvalue weighted by Crippen LogP contribution is -2.17. The molecule has 112 valence electrons. The van der Waals surface area contributed by atoms with Gasteiger partial charge in [-0.2, -0.15) is 0 Å². The van der Waals surface area contributed by atoms with Crippen molar-refractivity contribution >= 4 is 33.2 Å². The first-order valence-corrected chi connectivity index (χ1v) is 7.87. The number of nitrogens with zero attached hydrogens (tertiary/aromatic N) is 1. The average molecular weight is 328 g/mol. The van der Waals surface area contributed by atoms with E-state index in [9.17, 15) is 13.2 Å². The molecule has 6 nitrogen and oxygen atoms in total. The molecular weight excluding hydrogens is 314 g/mol. The third-order valence-electron chi connectivity index (χ3n) is 2.96. The second kappa shape index (κ2) is 5.51. The maximum atomic E-state index is 12.1. The van der Waals surface area contributed by atoms with Gasteiger partial charge in [0.15, 0.2) is 0 Å². The van der Waals surface area contributed by atoms with Crippen LogP contribution in [0, 0.1) is 6.92 Å². The fourth-order valence-corrected chi connectivity index (χ4v) is 2.99. The second-order valence-corrected chi connectivity index (χ2v) is 6.60. The molecule has 0 fully saturated rings. The summed E-state index contributed by atoms with van der Waals surface area (Å²) in [7, 11) is -2.15. The van der Waals surface area contributed by atoms with Crippen LogP contribution in [0.15, 0.2) is 35.4 Å². The maximum Gasteiger partial charge on any atom is 0.272 e. The number of sulfonamides is 1. The largest absolute Gasteiger partial charge is 0.345 e. The first kappa shape index (κ1) is 15.6. The fraction of sp³-hybridized carbons (Fsp3) is 0.154. The number of aromatic nitrogens is 1. The number of rotatable bonds is 3. The number of carbonyl (C=O) groups is 1. The van der Waals surface area contributed by atoms with Crippen molar-refractivity contribution in [2.75, 3.05) is 5.32 Å². The van der Waals surface area contributed by atoms with Crippen molar-refractivity contribution in [3.8, 4) is 0 Å². The van der Waals surface area contributed by atoms with Crippen LogP contribution in [0.3, 0.4) is 0 Å². The van der Waals surface area contributed by atoms with E-state index in [4.69, 9.17) is 16.7 Å². The van der Waals surface area contributed by atoms with Gasteiger partial charge in [0.2, 0.25) is 10.0 Å². The van der Waals surface area contributed by atoms with Crippen LogP contribution in [-0.4, -0.2) is 18.9 Å². The number of hydrogen-bond donors (Lipinski definition) is 2. The van der Waals surface area contributed by atoms with Crippen molar-refractivity contribution < 1.29 is 13.2 Å². The van der Waals surface area contributed by atoms with E-state index in [0.717, 1.165) is 0 Å². The molecule has 2 aromatic rings. The standard InChI is InChI=1S/C13H14ClN3O3S/c1-8-3-4-10(6-12(8)21(15,19)20)16-13(18)11-5-9(14)7-17(11)2/h3-7H,1-2H3,(H,16,18)(H2,15,19,20). The summed E-state index contributed by atoms with van der Waals surface area (Å²) in [5.41, 5.74) is 1.21. The second-order valence-electron chi connectivity index (χ2n) is 4.63. The molecule has 0 aliphatic carbocycles. The number of aryl methyl sites for hydroxylation is 2. The minimum absolute atomic E-state index is 0.0230. The predicted molar refractivity (Wildman–Crippen MR) is 80.9 cm³/mol. The monoisotopic (exact) mass is 327 g/mol. The van der Waals surface area contributed by atoms with Gasteiger partial charge in [0.05, 0.1) is 9.92 Å². The molecule has 2 rings (SSSR count). The highest BCUT2D eigenvalue weighted by atomic mass is 35.5. The van der Waals surface area contributed by atoms with E-state index in [2.05, 4.69) is 5.32 Å². The number of carbonyl (C=O) groups excluding carboxylic acids is 1. The van der Waals surface area contributed by atoms with Crippen LogP contribution in [0.2, 0.25) is 5.02 Å². The first-order valence-electron chi connectivity index (χ1n) is 5.95. The number of benzene rings is 1. The minimum Gasteiger partial charge on any atom is -0.345 e. The smallest absolute Gasteiger partial charge is 0.272 e. The molecule has 8 heteroatoms. The molecule has 1 aromatic heterocycles.